The molecule has 0 radical (unpaired) electrons. The molecule has 0 saturated carbocycles. The summed E-state index contributed by atoms with van der Waals surface area (Å²) in [5.41, 5.74) is 4.35. The van der Waals surface area contributed by atoms with Crippen LogP contribution in [0.25, 0.3) is 5.57 Å². The molecule has 0 spiro atoms. The van der Waals surface area contributed by atoms with Crippen LogP contribution in [-0.4, -0.2) is 5.78 Å². The minimum Gasteiger partial charge on any atom is -0.294 e. The summed E-state index contributed by atoms with van der Waals surface area (Å²) in [6, 6.07) is 6.10. The van der Waals surface area contributed by atoms with Crippen molar-refractivity contribution in [2.45, 2.75) is 34.1 Å². The van der Waals surface area contributed by atoms with E-state index in [1.165, 1.54) is 11.1 Å². The molecule has 1 heteroatoms. The Balaban J connectivity index is 3.26. The highest BCUT2D eigenvalue weighted by Crippen LogP contribution is 2.22. The zero-order valence-electron chi connectivity index (χ0n) is 9.92. The molecule has 0 aromatic heterocycles. The van der Waals surface area contributed by atoms with Crippen molar-refractivity contribution in [1.29, 1.82) is 0 Å². The molecule has 0 bridgehead atoms. The van der Waals surface area contributed by atoms with E-state index in [2.05, 4.69) is 19.9 Å². The highest BCUT2D eigenvalue weighted by atomic mass is 16.1. The number of carbonyl (C=O) groups excluding carboxylic acids is 1. The van der Waals surface area contributed by atoms with Gasteiger partial charge in [-0.05, 0) is 37.5 Å². The molecule has 0 aliphatic rings. The minimum absolute atomic E-state index is 0.214. The van der Waals surface area contributed by atoms with Gasteiger partial charge in [-0.3, -0.25) is 4.79 Å². The predicted molar refractivity (Wildman–Crippen MR) is 64.9 cm³/mol. The van der Waals surface area contributed by atoms with Gasteiger partial charge in [-0.1, -0.05) is 31.2 Å². The maximum Gasteiger partial charge on any atom is 0.162 e. The molecule has 0 N–H and O–H groups in total. The van der Waals surface area contributed by atoms with Crippen LogP contribution in [0.15, 0.2) is 24.3 Å². The van der Waals surface area contributed by atoms with Crippen molar-refractivity contribution in [3.63, 3.8) is 0 Å². The molecular formula is C14H18O. The monoisotopic (exact) mass is 202 g/mol. The van der Waals surface area contributed by atoms with Crippen LogP contribution in [0.5, 0.6) is 0 Å². The number of allylic oxidation sites excluding steroid dienone is 2. The number of benzene rings is 1. The summed E-state index contributed by atoms with van der Waals surface area (Å²) in [5, 5.41) is 0. The van der Waals surface area contributed by atoms with Crippen LogP contribution in [0.2, 0.25) is 0 Å². The fourth-order valence-electron chi connectivity index (χ4n) is 1.70. The van der Waals surface area contributed by atoms with Gasteiger partial charge in [0.05, 0.1) is 0 Å². The molecule has 1 aromatic rings. The summed E-state index contributed by atoms with van der Waals surface area (Å²) >= 11 is 0. The molecule has 0 saturated heterocycles. The number of Topliss-reactive ketones (excluding diaryl/α,β-unsaturated/α-hetero) is 1. The fourth-order valence-corrected chi connectivity index (χ4v) is 1.70. The van der Waals surface area contributed by atoms with E-state index in [-0.39, 0.29) is 5.78 Å². The van der Waals surface area contributed by atoms with Gasteiger partial charge in [0.15, 0.2) is 5.78 Å². The van der Waals surface area contributed by atoms with E-state index in [9.17, 15) is 4.79 Å². The number of aryl methyl sites for hydroxylation is 1. The first kappa shape index (κ1) is 11.7. The van der Waals surface area contributed by atoms with Crippen LogP contribution in [0.4, 0.5) is 0 Å². The molecule has 0 atom stereocenters. The predicted octanol–water partition coefficient (Wildman–Crippen LogP) is 3.69. The molecule has 0 fully saturated rings. The molecule has 15 heavy (non-hydrogen) atoms. The Morgan fingerprint density at radius 3 is 2.53 bits per heavy atom. The molecule has 0 aliphatic heterocycles. The van der Waals surface area contributed by atoms with Crippen LogP contribution >= 0.6 is 0 Å². The summed E-state index contributed by atoms with van der Waals surface area (Å²) in [6.07, 6.45) is 2.47. The topological polar surface area (TPSA) is 17.1 Å². The third-order valence-corrected chi connectivity index (χ3v) is 2.80. The van der Waals surface area contributed by atoms with Crippen LogP contribution in [0.3, 0.4) is 0 Å². The SMILES string of the molecule is C/C=C(\C(=O)CC)c1cccc(C)c1C. The highest BCUT2D eigenvalue weighted by Gasteiger charge is 2.11. The van der Waals surface area contributed by atoms with E-state index in [4.69, 9.17) is 0 Å². The van der Waals surface area contributed by atoms with Gasteiger partial charge in [0.2, 0.25) is 0 Å². The lowest BCUT2D eigenvalue weighted by molar-refractivity contribution is -0.113. The smallest absolute Gasteiger partial charge is 0.162 e. The summed E-state index contributed by atoms with van der Waals surface area (Å²) in [7, 11) is 0. The third-order valence-electron chi connectivity index (χ3n) is 2.80. The van der Waals surface area contributed by atoms with Crippen molar-refractivity contribution >= 4 is 11.4 Å². The van der Waals surface area contributed by atoms with Crippen LogP contribution in [0, 0.1) is 13.8 Å². The Kier molecular flexibility index (Phi) is 3.84. The van der Waals surface area contributed by atoms with Gasteiger partial charge in [0.1, 0.15) is 0 Å². The average molecular weight is 202 g/mol. The number of hydrogen-bond acceptors (Lipinski definition) is 1. The fraction of sp³-hybridized carbons (Fsp3) is 0.357. The lowest BCUT2D eigenvalue weighted by Crippen LogP contribution is -2.02. The maximum atomic E-state index is 11.7. The van der Waals surface area contributed by atoms with Gasteiger partial charge in [-0.2, -0.15) is 0 Å². The van der Waals surface area contributed by atoms with Crippen molar-refractivity contribution in [2.75, 3.05) is 0 Å². The first-order valence-corrected chi connectivity index (χ1v) is 5.37. The van der Waals surface area contributed by atoms with E-state index in [0.29, 0.717) is 6.42 Å². The Labute approximate surface area is 91.8 Å². The quantitative estimate of drug-likeness (QED) is 0.683. The second-order valence-electron chi connectivity index (χ2n) is 3.73. The van der Waals surface area contributed by atoms with Gasteiger partial charge in [-0.15, -0.1) is 0 Å². The van der Waals surface area contributed by atoms with E-state index in [1.54, 1.807) is 0 Å². The van der Waals surface area contributed by atoms with E-state index in [1.807, 2.05) is 32.1 Å². The molecule has 0 heterocycles. The maximum absolute atomic E-state index is 11.7. The Morgan fingerprint density at radius 1 is 1.33 bits per heavy atom. The van der Waals surface area contributed by atoms with Gasteiger partial charge < -0.3 is 0 Å². The van der Waals surface area contributed by atoms with Crippen LogP contribution < -0.4 is 0 Å². The third kappa shape index (κ3) is 2.35. The second-order valence-corrected chi connectivity index (χ2v) is 3.73. The van der Waals surface area contributed by atoms with E-state index in [0.717, 1.165) is 11.1 Å². The molecule has 1 rings (SSSR count). The molecule has 0 amide bonds. The summed E-state index contributed by atoms with van der Waals surface area (Å²) in [4.78, 5) is 11.7. The van der Waals surface area contributed by atoms with Crippen molar-refractivity contribution in [3.05, 3.63) is 41.0 Å². The molecule has 0 unspecified atom stereocenters. The van der Waals surface area contributed by atoms with E-state index < -0.39 is 0 Å². The first-order valence-electron chi connectivity index (χ1n) is 5.37. The van der Waals surface area contributed by atoms with Crippen LogP contribution in [0.1, 0.15) is 37.0 Å². The summed E-state index contributed by atoms with van der Waals surface area (Å²) < 4.78 is 0. The van der Waals surface area contributed by atoms with Crippen molar-refractivity contribution in [1.82, 2.24) is 0 Å². The molecule has 1 nitrogen and oxygen atoms in total. The van der Waals surface area contributed by atoms with Crippen molar-refractivity contribution < 1.29 is 4.79 Å². The number of ketones is 1. The molecule has 0 aliphatic carbocycles. The largest absolute Gasteiger partial charge is 0.294 e. The lowest BCUT2D eigenvalue weighted by Gasteiger charge is -2.10. The molecule has 80 valence electrons. The van der Waals surface area contributed by atoms with Crippen molar-refractivity contribution in [3.8, 4) is 0 Å². The average Bonchev–Trinajstić information content (AvgIpc) is 2.24. The number of rotatable bonds is 3. The van der Waals surface area contributed by atoms with Gasteiger partial charge in [0.25, 0.3) is 0 Å². The van der Waals surface area contributed by atoms with Gasteiger partial charge in [0, 0.05) is 12.0 Å². The van der Waals surface area contributed by atoms with Crippen molar-refractivity contribution in [2.24, 2.45) is 0 Å². The van der Waals surface area contributed by atoms with Gasteiger partial charge >= 0.3 is 0 Å². The van der Waals surface area contributed by atoms with Crippen LogP contribution in [-0.2, 0) is 4.79 Å². The first-order chi connectivity index (χ1) is 7.11. The minimum atomic E-state index is 0.214. The second kappa shape index (κ2) is 4.92. The van der Waals surface area contributed by atoms with E-state index >= 15 is 0 Å². The Bertz CT molecular complexity index is 400. The zero-order valence-corrected chi connectivity index (χ0v) is 9.92. The number of carbonyl (C=O) groups is 1. The Hall–Kier alpha value is -1.37. The summed E-state index contributed by atoms with van der Waals surface area (Å²) in [5.74, 6) is 0.214. The Morgan fingerprint density at radius 2 is 2.00 bits per heavy atom. The van der Waals surface area contributed by atoms with Gasteiger partial charge in [-0.25, -0.2) is 0 Å². The number of hydrogen-bond donors (Lipinski definition) is 0. The summed E-state index contributed by atoms with van der Waals surface area (Å²) in [6.45, 7) is 7.96. The highest BCUT2D eigenvalue weighted by molar-refractivity contribution is 6.20. The standard InChI is InChI=1S/C14H18O/c1-5-12(14(15)6-2)13-9-7-8-10(3)11(13)4/h5,7-9H,6H2,1-4H3/b12-5-. The molecular weight excluding hydrogens is 184 g/mol. The zero-order chi connectivity index (χ0) is 11.4. The normalized spacial score (nSPS) is 11.6. The lowest BCUT2D eigenvalue weighted by atomic mass is 9.93. The molecule has 1 aromatic carbocycles.